The Morgan fingerprint density at radius 2 is 1.91 bits per heavy atom. The second-order valence-corrected chi connectivity index (χ2v) is 5.79. The van der Waals surface area contributed by atoms with Crippen LogP contribution >= 0.6 is 11.6 Å². The summed E-state index contributed by atoms with van der Waals surface area (Å²) in [4.78, 5) is 27.1. The van der Waals surface area contributed by atoms with Gasteiger partial charge in [0.1, 0.15) is 5.69 Å². The zero-order chi connectivity index (χ0) is 16.4. The van der Waals surface area contributed by atoms with Crippen LogP contribution in [-0.4, -0.2) is 10.9 Å². The molecule has 3 aromatic rings. The number of rotatable bonds is 3. The predicted molar refractivity (Wildman–Crippen MR) is 91.9 cm³/mol. The van der Waals surface area contributed by atoms with Gasteiger partial charge in [-0.15, -0.1) is 0 Å². The number of carbonyl (C=O) groups is 1. The second-order valence-electron chi connectivity index (χ2n) is 5.35. The molecule has 116 valence electrons. The van der Waals surface area contributed by atoms with E-state index in [1.54, 1.807) is 30.3 Å². The normalized spacial score (nSPS) is 12.1. The molecule has 23 heavy (non-hydrogen) atoms. The largest absolute Gasteiger partial charge is 0.344 e. The van der Waals surface area contributed by atoms with Crippen LogP contribution in [0.5, 0.6) is 0 Å². The molecule has 1 heterocycles. The topological polar surface area (TPSA) is 62.0 Å². The lowest BCUT2D eigenvalue weighted by molar-refractivity contribution is 0.0935. The molecule has 1 amide bonds. The molecule has 0 fully saturated rings. The Morgan fingerprint density at radius 3 is 2.70 bits per heavy atom. The van der Waals surface area contributed by atoms with Gasteiger partial charge in [-0.1, -0.05) is 41.9 Å². The van der Waals surface area contributed by atoms with Crippen molar-refractivity contribution in [2.75, 3.05) is 0 Å². The number of benzene rings is 2. The number of aromatic amines is 1. The number of H-pyrrole nitrogens is 1. The Balaban J connectivity index is 1.87. The van der Waals surface area contributed by atoms with Gasteiger partial charge in [0.2, 0.25) is 0 Å². The molecular formula is C18H15ClN2O2. The van der Waals surface area contributed by atoms with E-state index in [0.29, 0.717) is 10.4 Å². The van der Waals surface area contributed by atoms with Crippen molar-refractivity contribution >= 4 is 28.3 Å². The summed E-state index contributed by atoms with van der Waals surface area (Å²) >= 11 is 5.97. The van der Waals surface area contributed by atoms with E-state index in [-0.39, 0.29) is 23.2 Å². The van der Waals surface area contributed by atoms with E-state index in [1.165, 1.54) is 0 Å². The van der Waals surface area contributed by atoms with Crippen LogP contribution in [0.3, 0.4) is 0 Å². The van der Waals surface area contributed by atoms with E-state index in [1.807, 2.05) is 31.2 Å². The summed E-state index contributed by atoms with van der Waals surface area (Å²) in [7, 11) is 0. The molecule has 1 atom stereocenters. The maximum Gasteiger partial charge on any atom is 0.268 e. The van der Waals surface area contributed by atoms with E-state index in [2.05, 4.69) is 10.3 Å². The minimum absolute atomic E-state index is 0.226. The fraction of sp³-hybridized carbons (Fsp3) is 0.111. The molecule has 0 saturated heterocycles. The first-order chi connectivity index (χ1) is 11.0. The van der Waals surface area contributed by atoms with Gasteiger partial charge in [0.05, 0.1) is 6.04 Å². The molecule has 0 aliphatic carbocycles. The van der Waals surface area contributed by atoms with Crippen molar-refractivity contribution in [3.8, 4) is 0 Å². The number of aromatic nitrogens is 1. The Hall–Kier alpha value is -2.59. The lowest BCUT2D eigenvalue weighted by atomic mass is 10.1. The highest BCUT2D eigenvalue weighted by Gasteiger charge is 2.13. The molecule has 0 spiro atoms. The third-order valence-corrected chi connectivity index (χ3v) is 3.93. The fourth-order valence-corrected chi connectivity index (χ4v) is 2.67. The van der Waals surface area contributed by atoms with Gasteiger partial charge in [-0.25, -0.2) is 0 Å². The number of fused-ring (bicyclic) bond motifs is 1. The standard InChI is InChI=1S/C18H15ClN2O2/c1-11(12-6-4-7-14(19)9-12)20-18(23)16-10-13-5-2-3-8-15(13)17(22)21-16/h2-11H,1H3,(H,20,23)(H,21,22). The number of carbonyl (C=O) groups excluding carboxylic acids is 1. The fourth-order valence-electron chi connectivity index (χ4n) is 2.47. The van der Waals surface area contributed by atoms with Crippen LogP contribution in [0, 0.1) is 0 Å². The van der Waals surface area contributed by atoms with Gasteiger partial charge in [0.15, 0.2) is 0 Å². The Morgan fingerprint density at radius 1 is 1.13 bits per heavy atom. The van der Waals surface area contributed by atoms with Gasteiger partial charge in [-0.2, -0.15) is 0 Å². The number of hydrogen-bond acceptors (Lipinski definition) is 2. The van der Waals surface area contributed by atoms with E-state index in [4.69, 9.17) is 11.6 Å². The minimum Gasteiger partial charge on any atom is -0.344 e. The molecule has 3 rings (SSSR count). The lowest BCUT2D eigenvalue weighted by Crippen LogP contribution is -2.29. The summed E-state index contributed by atoms with van der Waals surface area (Å²) in [5, 5.41) is 4.77. The van der Waals surface area contributed by atoms with Gasteiger partial charge in [-0.3, -0.25) is 9.59 Å². The van der Waals surface area contributed by atoms with E-state index >= 15 is 0 Å². The van der Waals surface area contributed by atoms with Gasteiger partial charge >= 0.3 is 0 Å². The first-order valence-electron chi connectivity index (χ1n) is 7.23. The van der Waals surface area contributed by atoms with Crippen LogP contribution in [0.2, 0.25) is 5.02 Å². The average Bonchev–Trinajstić information content (AvgIpc) is 2.54. The molecule has 2 N–H and O–H groups in total. The van der Waals surface area contributed by atoms with Crippen molar-refractivity contribution in [2.24, 2.45) is 0 Å². The van der Waals surface area contributed by atoms with Crippen LogP contribution in [0.4, 0.5) is 0 Å². The van der Waals surface area contributed by atoms with Crippen molar-refractivity contribution < 1.29 is 4.79 Å². The highest BCUT2D eigenvalue weighted by molar-refractivity contribution is 6.30. The molecule has 0 saturated carbocycles. The van der Waals surface area contributed by atoms with Crippen LogP contribution in [0.1, 0.15) is 29.0 Å². The van der Waals surface area contributed by atoms with Crippen molar-refractivity contribution in [1.29, 1.82) is 0 Å². The zero-order valence-electron chi connectivity index (χ0n) is 12.5. The number of halogens is 1. The maximum atomic E-state index is 12.4. The first-order valence-corrected chi connectivity index (χ1v) is 7.61. The van der Waals surface area contributed by atoms with E-state index in [0.717, 1.165) is 10.9 Å². The smallest absolute Gasteiger partial charge is 0.268 e. The summed E-state index contributed by atoms with van der Waals surface area (Å²) in [6, 6.07) is 15.9. The van der Waals surface area contributed by atoms with E-state index < -0.39 is 0 Å². The number of amides is 1. The average molecular weight is 327 g/mol. The number of pyridine rings is 1. The van der Waals surface area contributed by atoms with Crippen LogP contribution in [-0.2, 0) is 0 Å². The van der Waals surface area contributed by atoms with Crippen LogP contribution < -0.4 is 10.9 Å². The summed E-state index contributed by atoms with van der Waals surface area (Å²) in [6.07, 6.45) is 0. The highest BCUT2D eigenvalue weighted by atomic mass is 35.5. The van der Waals surface area contributed by atoms with Crippen molar-refractivity contribution in [3.63, 3.8) is 0 Å². The maximum absolute atomic E-state index is 12.4. The first kappa shape index (κ1) is 15.3. The lowest BCUT2D eigenvalue weighted by Gasteiger charge is -2.14. The van der Waals surface area contributed by atoms with Gasteiger partial charge < -0.3 is 10.3 Å². The predicted octanol–water partition coefficient (Wildman–Crippen LogP) is 3.67. The van der Waals surface area contributed by atoms with Gasteiger partial charge in [0, 0.05) is 10.4 Å². The molecule has 0 bridgehead atoms. The molecule has 0 aliphatic heterocycles. The SMILES string of the molecule is CC(NC(=O)c1cc2ccccc2c(=O)[nH]1)c1cccc(Cl)c1. The van der Waals surface area contributed by atoms with Crippen LogP contribution in [0.25, 0.3) is 10.8 Å². The molecule has 0 aliphatic rings. The van der Waals surface area contributed by atoms with Gasteiger partial charge in [-0.05, 0) is 42.1 Å². The van der Waals surface area contributed by atoms with Crippen molar-refractivity contribution in [2.45, 2.75) is 13.0 Å². The molecular weight excluding hydrogens is 312 g/mol. The molecule has 1 unspecified atom stereocenters. The molecule has 5 heteroatoms. The summed E-state index contributed by atoms with van der Waals surface area (Å²) in [5.41, 5.74) is 0.861. The van der Waals surface area contributed by atoms with Gasteiger partial charge in [0.25, 0.3) is 11.5 Å². The Kier molecular flexibility index (Phi) is 4.17. The second kappa shape index (κ2) is 6.26. The third-order valence-electron chi connectivity index (χ3n) is 3.69. The molecule has 1 aromatic heterocycles. The third kappa shape index (κ3) is 3.27. The summed E-state index contributed by atoms with van der Waals surface area (Å²) in [6.45, 7) is 1.86. The van der Waals surface area contributed by atoms with Crippen molar-refractivity contribution in [3.05, 3.63) is 81.2 Å². The highest BCUT2D eigenvalue weighted by Crippen LogP contribution is 2.18. The minimum atomic E-state index is -0.333. The molecule has 4 nitrogen and oxygen atoms in total. The van der Waals surface area contributed by atoms with Crippen LogP contribution in [0.15, 0.2) is 59.4 Å². The molecule has 0 radical (unpaired) electrons. The van der Waals surface area contributed by atoms with Crippen molar-refractivity contribution in [1.82, 2.24) is 10.3 Å². The van der Waals surface area contributed by atoms with E-state index in [9.17, 15) is 9.59 Å². The summed E-state index contributed by atoms with van der Waals surface area (Å²) < 4.78 is 0. The quantitative estimate of drug-likeness (QED) is 0.771. The number of hydrogen-bond donors (Lipinski definition) is 2. The summed E-state index contributed by atoms with van der Waals surface area (Å²) in [5.74, 6) is -0.333. The molecule has 2 aromatic carbocycles. The number of nitrogens with one attached hydrogen (secondary N) is 2. The Labute approximate surface area is 138 Å². The Bertz CT molecular complexity index is 933. The zero-order valence-corrected chi connectivity index (χ0v) is 13.2. The monoisotopic (exact) mass is 326 g/mol.